The van der Waals surface area contributed by atoms with Crippen LogP contribution in [0.1, 0.15) is 25.8 Å². The first-order valence-corrected chi connectivity index (χ1v) is 7.02. The molecule has 3 heteroatoms. The van der Waals surface area contributed by atoms with Crippen LogP contribution in [0.5, 0.6) is 5.75 Å². The van der Waals surface area contributed by atoms with E-state index in [1.165, 1.54) is 5.56 Å². The predicted octanol–water partition coefficient (Wildman–Crippen LogP) is 4.77. The summed E-state index contributed by atoms with van der Waals surface area (Å²) in [6.45, 7) is 5.18. The molecular weight excluding hydrogens is 320 g/mol. The highest BCUT2D eigenvalue weighted by Crippen LogP contribution is 2.27. The van der Waals surface area contributed by atoms with Gasteiger partial charge in [-0.1, -0.05) is 35.8 Å². The molecule has 0 fully saturated rings. The summed E-state index contributed by atoms with van der Waals surface area (Å²) in [7, 11) is 0. The molecule has 0 atom stereocenters. The van der Waals surface area contributed by atoms with Gasteiger partial charge in [0.15, 0.2) is 0 Å². The van der Waals surface area contributed by atoms with Gasteiger partial charge in [-0.05, 0) is 46.0 Å². The van der Waals surface area contributed by atoms with Gasteiger partial charge in [-0.3, -0.25) is 0 Å². The van der Waals surface area contributed by atoms with Gasteiger partial charge < -0.3 is 4.74 Å². The zero-order valence-electron chi connectivity index (χ0n) is 9.09. The maximum atomic E-state index is 5.68. The molecule has 0 aliphatic heterocycles. The third-order valence-electron chi connectivity index (χ3n) is 2.10. The summed E-state index contributed by atoms with van der Waals surface area (Å²) in [5.74, 6) is 1.62. The molecule has 0 aliphatic rings. The van der Waals surface area contributed by atoms with Crippen LogP contribution < -0.4 is 4.74 Å². The summed E-state index contributed by atoms with van der Waals surface area (Å²) in [6.07, 6.45) is 1.09. The van der Waals surface area contributed by atoms with Gasteiger partial charge in [0.25, 0.3) is 0 Å². The quantitative estimate of drug-likeness (QED) is 0.704. The topological polar surface area (TPSA) is 9.23 Å². The van der Waals surface area contributed by atoms with Crippen LogP contribution >= 0.6 is 31.9 Å². The number of rotatable bonds is 5. The van der Waals surface area contributed by atoms with E-state index in [4.69, 9.17) is 4.74 Å². The van der Waals surface area contributed by atoms with Gasteiger partial charge in [-0.25, -0.2) is 0 Å². The standard InChI is InChI=1S/C12H16Br2O/c1-9(2)5-6-15-12-4-3-10(8-13)7-11(12)14/h3-4,7,9H,5-6,8H2,1-2H3. The van der Waals surface area contributed by atoms with Crippen molar-refractivity contribution in [2.75, 3.05) is 6.61 Å². The highest BCUT2D eigenvalue weighted by atomic mass is 79.9. The van der Waals surface area contributed by atoms with Crippen LogP contribution in [-0.4, -0.2) is 6.61 Å². The van der Waals surface area contributed by atoms with Crippen LogP contribution in [0.25, 0.3) is 0 Å². The highest BCUT2D eigenvalue weighted by Gasteiger charge is 2.02. The van der Waals surface area contributed by atoms with Crippen LogP contribution in [-0.2, 0) is 5.33 Å². The Hall–Kier alpha value is -0.0200. The number of hydrogen-bond donors (Lipinski definition) is 0. The van der Waals surface area contributed by atoms with Crippen LogP contribution in [0.2, 0.25) is 0 Å². The lowest BCUT2D eigenvalue weighted by Gasteiger charge is -2.10. The lowest BCUT2D eigenvalue weighted by atomic mass is 10.1. The average Bonchev–Trinajstić information content (AvgIpc) is 2.20. The van der Waals surface area contributed by atoms with E-state index in [9.17, 15) is 0 Å². The first-order chi connectivity index (χ1) is 7.13. The largest absolute Gasteiger partial charge is 0.492 e. The predicted molar refractivity (Wildman–Crippen MR) is 71.7 cm³/mol. The van der Waals surface area contributed by atoms with E-state index in [0.29, 0.717) is 5.92 Å². The van der Waals surface area contributed by atoms with Gasteiger partial charge in [0.05, 0.1) is 11.1 Å². The van der Waals surface area contributed by atoms with Crippen LogP contribution in [0, 0.1) is 5.92 Å². The Kier molecular flexibility index (Phi) is 5.69. The van der Waals surface area contributed by atoms with Crippen molar-refractivity contribution in [1.29, 1.82) is 0 Å². The molecule has 0 bridgehead atoms. The van der Waals surface area contributed by atoms with Crippen LogP contribution in [0.3, 0.4) is 0 Å². The molecule has 0 N–H and O–H groups in total. The van der Waals surface area contributed by atoms with Crippen molar-refractivity contribution in [1.82, 2.24) is 0 Å². The smallest absolute Gasteiger partial charge is 0.133 e. The van der Waals surface area contributed by atoms with E-state index < -0.39 is 0 Å². The van der Waals surface area contributed by atoms with Crippen molar-refractivity contribution in [3.8, 4) is 5.75 Å². The van der Waals surface area contributed by atoms with E-state index in [1.807, 2.05) is 6.07 Å². The Morgan fingerprint density at radius 1 is 1.33 bits per heavy atom. The summed E-state index contributed by atoms with van der Waals surface area (Å²) in [6, 6.07) is 6.17. The lowest BCUT2D eigenvalue weighted by molar-refractivity contribution is 0.288. The SMILES string of the molecule is CC(C)CCOc1ccc(CBr)cc1Br. The summed E-state index contributed by atoms with van der Waals surface area (Å²) in [4.78, 5) is 0. The molecule has 1 nitrogen and oxygen atoms in total. The number of alkyl halides is 1. The number of halogens is 2. The fourth-order valence-corrected chi connectivity index (χ4v) is 2.04. The molecule has 15 heavy (non-hydrogen) atoms. The van der Waals surface area contributed by atoms with Crippen molar-refractivity contribution in [3.63, 3.8) is 0 Å². The van der Waals surface area contributed by atoms with Gasteiger partial charge in [0, 0.05) is 5.33 Å². The normalized spacial score (nSPS) is 10.7. The minimum atomic E-state index is 0.686. The molecule has 1 aromatic rings. The third-order valence-corrected chi connectivity index (χ3v) is 3.37. The molecule has 0 aliphatic carbocycles. The fourth-order valence-electron chi connectivity index (χ4n) is 1.15. The van der Waals surface area contributed by atoms with E-state index >= 15 is 0 Å². The molecular formula is C12H16Br2O. The number of hydrogen-bond acceptors (Lipinski definition) is 1. The minimum Gasteiger partial charge on any atom is -0.492 e. The molecule has 1 aromatic carbocycles. The van der Waals surface area contributed by atoms with Crippen molar-refractivity contribution < 1.29 is 4.74 Å². The molecule has 0 radical (unpaired) electrons. The second-order valence-corrected chi connectivity index (χ2v) is 5.34. The van der Waals surface area contributed by atoms with Crippen molar-refractivity contribution in [3.05, 3.63) is 28.2 Å². The third kappa shape index (κ3) is 4.56. The second kappa shape index (κ2) is 6.54. The van der Waals surface area contributed by atoms with E-state index in [0.717, 1.165) is 28.6 Å². The molecule has 0 unspecified atom stereocenters. The van der Waals surface area contributed by atoms with Gasteiger partial charge in [-0.2, -0.15) is 0 Å². The average molecular weight is 336 g/mol. The maximum Gasteiger partial charge on any atom is 0.133 e. The van der Waals surface area contributed by atoms with E-state index in [-0.39, 0.29) is 0 Å². The van der Waals surface area contributed by atoms with Gasteiger partial charge >= 0.3 is 0 Å². The Morgan fingerprint density at radius 2 is 2.07 bits per heavy atom. The van der Waals surface area contributed by atoms with Crippen LogP contribution in [0.15, 0.2) is 22.7 Å². The monoisotopic (exact) mass is 334 g/mol. The molecule has 0 heterocycles. The van der Waals surface area contributed by atoms with Crippen molar-refractivity contribution in [2.45, 2.75) is 25.6 Å². The fraction of sp³-hybridized carbons (Fsp3) is 0.500. The first-order valence-electron chi connectivity index (χ1n) is 5.10. The minimum absolute atomic E-state index is 0.686. The van der Waals surface area contributed by atoms with E-state index in [2.05, 4.69) is 57.8 Å². The number of ether oxygens (including phenoxy) is 1. The Balaban J connectivity index is 2.54. The molecule has 0 aromatic heterocycles. The van der Waals surface area contributed by atoms with Gasteiger partial charge in [-0.15, -0.1) is 0 Å². The Bertz CT molecular complexity index is 310. The first kappa shape index (κ1) is 13.0. The molecule has 0 spiro atoms. The Morgan fingerprint density at radius 3 is 2.60 bits per heavy atom. The summed E-state index contributed by atoms with van der Waals surface area (Å²) < 4.78 is 6.72. The zero-order valence-corrected chi connectivity index (χ0v) is 12.3. The van der Waals surface area contributed by atoms with E-state index in [1.54, 1.807) is 0 Å². The van der Waals surface area contributed by atoms with Crippen molar-refractivity contribution >= 4 is 31.9 Å². The van der Waals surface area contributed by atoms with Crippen LogP contribution in [0.4, 0.5) is 0 Å². The zero-order chi connectivity index (χ0) is 11.3. The summed E-state index contributed by atoms with van der Waals surface area (Å²) in [5, 5.41) is 0.873. The lowest BCUT2D eigenvalue weighted by Crippen LogP contribution is -2.01. The van der Waals surface area contributed by atoms with Gasteiger partial charge in [0.1, 0.15) is 5.75 Å². The molecule has 0 amide bonds. The van der Waals surface area contributed by atoms with Crippen molar-refractivity contribution in [2.24, 2.45) is 5.92 Å². The summed E-state index contributed by atoms with van der Waals surface area (Å²) in [5.41, 5.74) is 1.25. The molecule has 0 saturated heterocycles. The molecule has 84 valence electrons. The number of benzene rings is 1. The second-order valence-electron chi connectivity index (χ2n) is 3.93. The molecule has 0 saturated carbocycles. The maximum absolute atomic E-state index is 5.68. The van der Waals surface area contributed by atoms with Gasteiger partial charge in [0.2, 0.25) is 0 Å². The summed E-state index contributed by atoms with van der Waals surface area (Å²) >= 11 is 6.94. The Labute approximate surface area is 108 Å². The highest BCUT2D eigenvalue weighted by molar-refractivity contribution is 9.10. The molecule has 1 rings (SSSR count).